The van der Waals surface area contributed by atoms with Crippen molar-refractivity contribution < 1.29 is 24.6 Å². The van der Waals surface area contributed by atoms with Crippen LogP contribution >= 0.6 is 67.8 Å². The highest BCUT2D eigenvalue weighted by Gasteiger charge is 2.28. The van der Waals surface area contributed by atoms with Crippen LogP contribution in [-0.4, -0.2) is 41.1 Å². The number of nitrogens with one attached hydrogen (secondary N) is 1. The van der Waals surface area contributed by atoms with E-state index in [0.29, 0.717) is 22.1 Å². The van der Waals surface area contributed by atoms with Crippen molar-refractivity contribution in [1.29, 1.82) is 0 Å². The van der Waals surface area contributed by atoms with Crippen LogP contribution in [0.5, 0.6) is 0 Å². The number of aliphatic hydroxyl groups excluding tert-OH is 1. The summed E-state index contributed by atoms with van der Waals surface area (Å²) in [5, 5.41) is 21.3. The zero-order valence-corrected chi connectivity index (χ0v) is 18.6. The van der Waals surface area contributed by atoms with E-state index in [1.54, 1.807) is 0 Å². The van der Waals surface area contributed by atoms with Gasteiger partial charge in [-0.15, -0.1) is 0 Å². The van der Waals surface area contributed by atoms with Crippen molar-refractivity contribution in [1.82, 2.24) is 0 Å². The maximum absolute atomic E-state index is 11.9. The van der Waals surface area contributed by atoms with Gasteiger partial charge in [0.25, 0.3) is 0 Å². The molecule has 7 nitrogen and oxygen atoms in total. The Labute approximate surface area is 173 Å². The van der Waals surface area contributed by atoms with E-state index in [2.05, 4.69) is 5.32 Å². The lowest BCUT2D eigenvalue weighted by molar-refractivity contribution is -0.116. The second-order valence-electron chi connectivity index (χ2n) is 4.42. The number of hydrogen-bond donors (Lipinski definition) is 3. The molecule has 0 bridgehead atoms. The van der Waals surface area contributed by atoms with Gasteiger partial charge in [0.1, 0.15) is 0 Å². The number of aliphatic hydroxyl groups is 1. The third-order valence-electron chi connectivity index (χ3n) is 2.78. The summed E-state index contributed by atoms with van der Waals surface area (Å²) in [6.07, 6.45) is 0. The molecule has 0 saturated heterocycles. The normalized spacial score (nSPS) is 10.3. The van der Waals surface area contributed by atoms with E-state index in [1.165, 1.54) is 18.7 Å². The molecule has 0 unspecified atom stereocenters. The van der Waals surface area contributed by atoms with Crippen molar-refractivity contribution in [2.45, 2.75) is 13.8 Å². The van der Waals surface area contributed by atoms with Gasteiger partial charge in [-0.25, -0.2) is 4.79 Å². The Morgan fingerprint density at radius 2 is 1.65 bits per heavy atom. The number of hydrogen-bond acceptors (Lipinski definition) is 4. The molecule has 10 heteroatoms. The summed E-state index contributed by atoms with van der Waals surface area (Å²) in [6.45, 7) is 2.41. The van der Waals surface area contributed by atoms with Crippen LogP contribution in [0, 0.1) is 10.7 Å². The van der Waals surface area contributed by atoms with E-state index >= 15 is 0 Å². The topological polar surface area (TPSA) is 107 Å². The van der Waals surface area contributed by atoms with Gasteiger partial charge in [0.15, 0.2) is 0 Å². The van der Waals surface area contributed by atoms with Gasteiger partial charge in [-0.3, -0.25) is 9.59 Å². The molecule has 0 fully saturated rings. The van der Waals surface area contributed by atoms with E-state index in [0.717, 1.165) is 0 Å². The molecule has 3 N–H and O–H groups in total. The summed E-state index contributed by atoms with van der Waals surface area (Å²) in [7, 11) is 0. The van der Waals surface area contributed by atoms with Crippen LogP contribution in [0.2, 0.25) is 0 Å². The average Bonchev–Trinajstić information content (AvgIpc) is 2.41. The number of carboxylic acids is 1. The van der Waals surface area contributed by atoms with Crippen molar-refractivity contribution in [2.75, 3.05) is 23.4 Å². The maximum atomic E-state index is 11.9. The number of carboxylic acid groups (broad SMARTS) is 1. The highest BCUT2D eigenvalue weighted by atomic mass is 127. The Bertz CT molecular complexity index is 678. The highest BCUT2D eigenvalue weighted by Crippen LogP contribution is 2.40. The van der Waals surface area contributed by atoms with Crippen LogP contribution in [0.25, 0.3) is 0 Å². The number of nitrogens with zero attached hydrogens (tertiary/aromatic N) is 1. The fourth-order valence-corrected chi connectivity index (χ4v) is 6.37. The highest BCUT2D eigenvalue weighted by molar-refractivity contribution is 14.1. The minimum absolute atomic E-state index is 0.00885. The molecule has 0 aliphatic heterocycles. The number of rotatable bonds is 5. The van der Waals surface area contributed by atoms with Crippen molar-refractivity contribution >= 4 is 96.9 Å². The summed E-state index contributed by atoms with van der Waals surface area (Å²) in [4.78, 5) is 36.3. The SMILES string of the molecule is CC(=O)Nc1c(I)c(C(=O)O)c(I)c(N(CCO)C(C)=O)c1I. The molecule has 23 heavy (non-hydrogen) atoms. The first-order chi connectivity index (χ1) is 10.6. The van der Waals surface area contributed by atoms with Crippen molar-refractivity contribution in [3.05, 3.63) is 16.3 Å². The van der Waals surface area contributed by atoms with Gasteiger partial charge < -0.3 is 20.4 Å². The summed E-state index contributed by atoms with van der Waals surface area (Å²) >= 11 is 5.69. The largest absolute Gasteiger partial charge is 0.478 e. The zero-order chi connectivity index (χ0) is 17.9. The third-order valence-corrected chi connectivity index (χ3v) is 5.96. The Morgan fingerprint density at radius 1 is 1.09 bits per heavy atom. The number of carbonyl (C=O) groups is 3. The second kappa shape index (κ2) is 8.75. The Balaban J connectivity index is 3.80. The molecule has 126 valence electrons. The van der Waals surface area contributed by atoms with Gasteiger partial charge in [0, 0.05) is 20.4 Å². The predicted molar refractivity (Wildman–Crippen MR) is 111 cm³/mol. The summed E-state index contributed by atoms with van der Waals surface area (Å²) in [5.41, 5.74) is 0.722. The van der Waals surface area contributed by atoms with Gasteiger partial charge in [-0.2, -0.15) is 0 Å². The fourth-order valence-electron chi connectivity index (χ4n) is 1.89. The lowest BCUT2D eigenvalue weighted by Gasteiger charge is -2.26. The van der Waals surface area contributed by atoms with Gasteiger partial charge in [0.2, 0.25) is 11.8 Å². The van der Waals surface area contributed by atoms with E-state index < -0.39 is 5.97 Å². The molecule has 0 spiro atoms. The quantitative estimate of drug-likeness (QED) is 0.422. The number of benzene rings is 1. The number of aromatic carboxylic acids is 1. The summed E-state index contributed by atoms with van der Waals surface area (Å²) < 4.78 is 1.30. The van der Waals surface area contributed by atoms with Crippen molar-refractivity contribution in [2.24, 2.45) is 0 Å². The van der Waals surface area contributed by atoms with E-state index in [-0.39, 0.29) is 30.5 Å². The molecule has 1 aromatic carbocycles. The van der Waals surface area contributed by atoms with Crippen LogP contribution in [0.15, 0.2) is 0 Å². The Hall–Kier alpha value is -0.220. The van der Waals surface area contributed by atoms with Crippen molar-refractivity contribution in [3.63, 3.8) is 0 Å². The second-order valence-corrected chi connectivity index (χ2v) is 7.66. The van der Waals surface area contributed by atoms with Crippen LogP contribution in [0.1, 0.15) is 24.2 Å². The molecule has 0 atom stereocenters. The third kappa shape index (κ3) is 4.66. The number of anilines is 2. The average molecular weight is 658 g/mol. The van der Waals surface area contributed by atoms with Crippen LogP contribution in [-0.2, 0) is 9.59 Å². The molecule has 1 rings (SSSR count). The van der Waals surface area contributed by atoms with E-state index in [4.69, 9.17) is 0 Å². The number of carbonyl (C=O) groups excluding carboxylic acids is 2. The molecule has 0 aliphatic rings. The van der Waals surface area contributed by atoms with Crippen LogP contribution in [0.3, 0.4) is 0 Å². The number of halogens is 3. The maximum Gasteiger partial charge on any atom is 0.338 e. The smallest absolute Gasteiger partial charge is 0.338 e. The molecule has 0 heterocycles. The van der Waals surface area contributed by atoms with Crippen LogP contribution < -0.4 is 10.2 Å². The first-order valence-corrected chi connectivity index (χ1v) is 9.47. The minimum Gasteiger partial charge on any atom is -0.478 e. The summed E-state index contributed by atoms with van der Waals surface area (Å²) in [6, 6.07) is 0. The molecule has 0 saturated carbocycles. The molecule has 0 aliphatic carbocycles. The Kier molecular flexibility index (Phi) is 7.92. The Morgan fingerprint density at radius 3 is 2.04 bits per heavy atom. The fraction of sp³-hybridized carbons (Fsp3) is 0.308. The van der Waals surface area contributed by atoms with Gasteiger partial charge in [-0.05, 0) is 67.8 Å². The predicted octanol–water partition coefficient (Wildman–Crippen LogP) is 2.50. The first-order valence-electron chi connectivity index (χ1n) is 6.23. The molecule has 1 aromatic rings. The summed E-state index contributed by atoms with van der Waals surface area (Å²) in [5.74, 6) is -1.84. The molecule has 0 radical (unpaired) electrons. The standard InChI is InChI=1S/C13H13I3N2O5/c1-5(20)17-11-8(14)7(13(22)23)9(15)12(10(11)16)18(3-4-19)6(2)21/h19H,3-4H2,1-2H3,(H,17,20)(H,22,23). The first kappa shape index (κ1) is 20.8. The van der Waals surface area contributed by atoms with Gasteiger partial charge in [0.05, 0.1) is 34.3 Å². The minimum atomic E-state index is -1.16. The van der Waals surface area contributed by atoms with E-state index in [1.807, 2.05) is 67.8 Å². The molecule has 0 aromatic heterocycles. The van der Waals surface area contributed by atoms with E-state index in [9.17, 15) is 24.6 Å². The van der Waals surface area contributed by atoms with Gasteiger partial charge in [-0.1, -0.05) is 0 Å². The van der Waals surface area contributed by atoms with Gasteiger partial charge >= 0.3 is 5.97 Å². The lowest BCUT2D eigenvalue weighted by Crippen LogP contribution is -2.33. The molecular formula is C13H13I3N2O5. The van der Waals surface area contributed by atoms with Crippen LogP contribution in [0.4, 0.5) is 11.4 Å². The molecular weight excluding hydrogens is 645 g/mol. The molecule has 2 amide bonds. The zero-order valence-electron chi connectivity index (χ0n) is 12.1. The number of amides is 2. The lowest BCUT2D eigenvalue weighted by atomic mass is 10.1. The monoisotopic (exact) mass is 658 g/mol. The van der Waals surface area contributed by atoms with Crippen molar-refractivity contribution in [3.8, 4) is 0 Å².